The molecule has 1 aliphatic heterocycles. The Morgan fingerprint density at radius 2 is 1.67 bits per heavy atom. The lowest BCUT2D eigenvalue weighted by atomic mass is 10.1. The molecule has 1 saturated heterocycles. The summed E-state index contributed by atoms with van der Waals surface area (Å²) < 4.78 is 32.1. The van der Waals surface area contributed by atoms with Crippen LogP contribution in [-0.4, -0.2) is 69.9 Å². The average molecular weight is 452 g/mol. The topological polar surface area (TPSA) is 79.0 Å². The highest BCUT2D eigenvalue weighted by molar-refractivity contribution is 7.89. The van der Waals surface area contributed by atoms with Crippen LogP contribution < -0.4 is 10.1 Å². The molecule has 3 rings (SSSR count). The number of piperazine rings is 1. The van der Waals surface area contributed by atoms with E-state index in [0.29, 0.717) is 43.5 Å². The Hall–Kier alpha value is -2.13. The number of hydrogen-bond acceptors (Lipinski definition) is 5. The molecule has 1 aliphatic rings. The van der Waals surface area contributed by atoms with Gasteiger partial charge in [0, 0.05) is 37.7 Å². The number of hydrogen-bond donors (Lipinski definition) is 1. The molecule has 0 aliphatic carbocycles. The van der Waals surface area contributed by atoms with Gasteiger partial charge in [-0.25, -0.2) is 8.42 Å². The number of carbonyl (C=O) groups excluding carboxylic acids is 1. The van der Waals surface area contributed by atoms with Crippen molar-refractivity contribution in [2.75, 3.05) is 46.4 Å². The highest BCUT2D eigenvalue weighted by Crippen LogP contribution is 2.20. The van der Waals surface area contributed by atoms with Crippen LogP contribution in [-0.2, 0) is 21.2 Å². The maximum absolute atomic E-state index is 12.8. The molecule has 9 heteroatoms. The molecule has 0 bridgehead atoms. The largest absolute Gasteiger partial charge is 0.497 e. The van der Waals surface area contributed by atoms with Crippen LogP contribution in [0.4, 0.5) is 0 Å². The molecule has 1 N–H and O–H groups in total. The van der Waals surface area contributed by atoms with Crippen molar-refractivity contribution in [3.63, 3.8) is 0 Å². The first kappa shape index (κ1) is 22.6. The zero-order valence-electron chi connectivity index (χ0n) is 16.9. The molecule has 1 amide bonds. The summed E-state index contributed by atoms with van der Waals surface area (Å²) in [5.74, 6) is 0.552. The lowest BCUT2D eigenvalue weighted by Gasteiger charge is -2.33. The van der Waals surface area contributed by atoms with Crippen molar-refractivity contribution in [1.82, 2.24) is 14.5 Å². The number of sulfonamides is 1. The highest BCUT2D eigenvalue weighted by Gasteiger charge is 2.29. The highest BCUT2D eigenvalue weighted by atomic mass is 35.5. The van der Waals surface area contributed by atoms with E-state index in [2.05, 4.69) is 5.32 Å². The number of benzene rings is 2. The van der Waals surface area contributed by atoms with Gasteiger partial charge in [-0.2, -0.15) is 4.31 Å². The summed E-state index contributed by atoms with van der Waals surface area (Å²) in [5, 5.41) is 3.60. The molecule has 0 atom stereocenters. The van der Waals surface area contributed by atoms with Crippen molar-refractivity contribution in [3.8, 4) is 5.75 Å². The Labute approximate surface area is 182 Å². The van der Waals surface area contributed by atoms with Gasteiger partial charge in [-0.05, 0) is 48.4 Å². The van der Waals surface area contributed by atoms with Gasteiger partial charge in [-0.1, -0.05) is 23.7 Å². The first-order valence-electron chi connectivity index (χ1n) is 9.76. The van der Waals surface area contributed by atoms with Crippen molar-refractivity contribution in [2.24, 2.45) is 0 Å². The second-order valence-electron chi connectivity index (χ2n) is 7.08. The SMILES string of the molecule is COc1ccc(S(=O)(=O)N2CCN(CC(=O)NCCc3ccc(Cl)cc3)CC2)cc1. The van der Waals surface area contributed by atoms with E-state index in [-0.39, 0.29) is 17.3 Å². The van der Waals surface area contributed by atoms with E-state index in [1.165, 1.54) is 11.4 Å². The summed E-state index contributed by atoms with van der Waals surface area (Å²) in [6.07, 6.45) is 0.733. The molecule has 0 saturated carbocycles. The molecule has 2 aromatic rings. The van der Waals surface area contributed by atoms with Crippen LogP contribution in [0.25, 0.3) is 0 Å². The summed E-state index contributed by atoms with van der Waals surface area (Å²) in [4.78, 5) is 14.4. The number of nitrogens with one attached hydrogen (secondary N) is 1. The zero-order chi connectivity index (χ0) is 21.6. The second kappa shape index (κ2) is 10.3. The normalized spacial score (nSPS) is 15.7. The van der Waals surface area contributed by atoms with Gasteiger partial charge in [0.15, 0.2) is 0 Å². The molecule has 30 heavy (non-hydrogen) atoms. The average Bonchev–Trinajstić information content (AvgIpc) is 2.75. The molecule has 0 spiro atoms. The summed E-state index contributed by atoms with van der Waals surface area (Å²) >= 11 is 5.87. The van der Waals surface area contributed by atoms with Crippen LogP contribution >= 0.6 is 11.6 Å². The fourth-order valence-corrected chi connectivity index (χ4v) is 4.83. The molecule has 1 fully saturated rings. The molecule has 0 radical (unpaired) electrons. The minimum Gasteiger partial charge on any atom is -0.497 e. The van der Waals surface area contributed by atoms with Crippen LogP contribution in [0.2, 0.25) is 5.02 Å². The van der Waals surface area contributed by atoms with E-state index in [1.54, 1.807) is 24.3 Å². The number of halogens is 1. The third kappa shape index (κ3) is 5.95. The summed E-state index contributed by atoms with van der Waals surface area (Å²) in [6, 6.07) is 13.9. The fourth-order valence-electron chi connectivity index (χ4n) is 3.28. The Kier molecular flexibility index (Phi) is 7.71. The number of methoxy groups -OCH3 is 1. The number of amides is 1. The lowest BCUT2D eigenvalue weighted by Crippen LogP contribution is -2.51. The molecule has 0 unspecified atom stereocenters. The van der Waals surface area contributed by atoms with Crippen molar-refractivity contribution >= 4 is 27.5 Å². The minimum absolute atomic E-state index is 0.0598. The second-order valence-corrected chi connectivity index (χ2v) is 9.46. The predicted octanol–water partition coefficient (Wildman–Crippen LogP) is 2.01. The van der Waals surface area contributed by atoms with Crippen molar-refractivity contribution < 1.29 is 17.9 Å². The standard InChI is InChI=1S/C21H26ClN3O4S/c1-29-19-6-8-20(9-7-19)30(27,28)25-14-12-24(13-15-25)16-21(26)23-11-10-17-2-4-18(22)5-3-17/h2-9H,10-16H2,1H3,(H,23,26). The fraction of sp³-hybridized carbons (Fsp3) is 0.381. The van der Waals surface area contributed by atoms with Gasteiger partial charge in [-0.3, -0.25) is 9.69 Å². The van der Waals surface area contributed by atoms with Gasteiger partial charge < -0.3 is 10.1 Å². The van der Waals surface area contributed by atoms with Gasteiger partial charge in [0.2, 0.25) is 15.9 Å². The molecule has 7 nitrogen and oxygen atoms in total. The van der Waals surface area contributed by atoms with E-state index >= 15 is 0 Å². The third-order valence-corrected chi connectivity index (χ3v) is 7.21. The maximum Gasteiger partial charge on any atom is 0.243 e. The van der Waals surface area contributed by atoms with Gasteiger partial charge in [-0.15, -0.1) is 0 Å². The summed E-state index contributed by atoms with van der Waals surface area (Å²) in [7, 11) is -2.01. The van der Waals surface area contributed by atoms with Gasteiger partial charge in [0.1, 0.15) is 5.75 Å². The smallest absolute Gasteiger partial charge is 0.243 e. The van der Waals surface area contributed by atoms with Crippen LogP contribution in [0.5, 0.6) is 5.75 Å². The third-order valence-electron chi connectivity index (χ3n) is 5.04. The number of carbonyl (C=O) groups is 1. The predicted molar refractivity (Wildman–Crippen MR) is 116 cm³/mol. The monoisotopic (exact) mass is 451 g/mol. The van der Waals surface area contributed by atoms with Crippen molar-refractivity contribution in [3.05, 3.63) is 59.1 Å². The van der Waals surface area contributed by atoms with E-state index < -0.39 is 10.0 Å². The molecule has 1 heterocycles. The maximum atomic E-state index is 12.8. The minimum atomic E-state index is -3.55. The Morgan fingerprint density at radius 3 is 2.27 bits per heavy atom. The van der Waals surface area contributed by atoms with E-state index in [4.69, 9.17) is 16.3 Å². The molecule has 2 aromatic carbocycles. The van der Waals surface area contributed by atoms with Gasteiger partial charge in [0.05, 0.1) is 18.6 Å². The lowest BCUT2D eigenvalue weighted by molar-refractivity contribution is -0.122. The number of rotatable bonds is 8. The number of nitrogens with zero attached hydrogens (tertiary/aromatic N) is 2. The Morgan fingerprint density at radius 1 is 1.03 bits per heavy atom. The van der Waals surface area contributed by atoms with Crippen LogP contribution in [0.3, 0.4) is 0 Å². The molecule has 162 valence electrons. The van der Waals surface area contributed by atoms with Crippen molar-refractivity contribution in [2.45, 2.75) is 11.3 Å². The number of ether oxygens (including phenoxy) is 1. The first-order chi connectivity index (χ1) is 14.4. The zero-order valence-corrected chi connectivity index (χ0v) is 18.5. The quantitative estimate of drug-likeness (QED) is 0.664. The first-order valence-corrected chi connectivity index (χ1v) is 11.6. The van der Waals surface area contributed by atoms with Gasteiger partial charge >= 0.3 is 0 Å². The molecule has 0 aromatic heterocycles. The van der Waals surface area contributed by atoms with Crippen LogP contribution in [0.15, 0.2) is 53.4 Å². The van der Waals surface area contributed by atoms with Crippen LogP contribution in [0.1, 0.15) is 5.56 Å². The van der Waals surface area contributed by atoms with Gasteiger partial charge in [0.25, 0.3) is 0 Å². The summed E-state index contributed by atoms with van der Waals surface area (Å²) in [6.45, 7) is 2.54. The van der Waals surface area contributed by atoms with E-state index in [1.807, 2.05) is 29.2 Å². The van der Waals surface area contributed by atoms with Crippen molar-refractivity contribution in [1.29, 1.82) is 0 Å². The Balaban J connectivity index is 1.43. The van der Waals surface area contributed by atoms with Crippen LogP contribution in [0, 0.1) is 0 Å². The Bertz CT molecular complexity index is 941. The van der Waals surface area contributed by atoms with E-state index in [0.717, 1.165) is 12.0 Å². The summed E-state index contributed by atoms with van der Waals surface area (Å²) in [5.41, 5.74) is 1.11. The molecular formula is C21H26ClN3O4S. The molecular weight excluding hydrogens is 426 g/mol. The van der Waals surface area contributed by atoms with E-state index in [9.17, 15) is 13.2 Å².